The fraction of sp³-hybridized carbons (Fsp3) is 0.364. The molecule has 0 unspecified atom stereocenters. The number of hydrogen-bond donors (Lipinski definition) is 1. The minimum Gasteiger partial charge on any atom is -0.496 e. The Morgan fingerprint density at radius 1 is 1.50 bits per heavy atom. The molecule has 14 heavy (non-hydrogen) atoms. The van der Waals surface area contributed by atoms with E-state index in [1.54, 1.807) is 7.11 Å². The van der Waals surface area contributed by atoms with Gasteiger partial charge >= 0.3 is 5.97 Å². The van der Waals surface area contributed by atoms with Gasteiger partial charge in [0.25, 0.3) is 0 Å². The second-order valence-electron chi connectivity index (χ2n) is 3.21. The van der Waals surface area contributed by atoms with E-state index >= 15 is 0 Å². The molecule has 0 aliphatic rings. The first kappa shape index (κ1) is 10.6. The SMILES string of the molecule is COc1ccc(C)cc1CCC(=O)O. The van der Waals surface area contributed by atoms with E-state index in [-0.39, 0.29) is 6.42 Å². The molecule has 0 aliphatic heterocycles. The molecule has 3 heteroatoms. The molecule has 0 aliphatic carbocycles. The first-order chi connectivity index (χ1) is 6.63. The monoisotopic (exact) mass is 194 g/mol. The predicted octanol–water partition coefficient (Wildman–Crippen LogP) is 2.02. The number of carbonyl (C=O) groups is 1. The highest BCUT2D eigenvalue weighted by molar-refractivity contribution is 5.67. The van der Waals surface area contributed by atoms with Gasteiger partial charge in [-0.2, -0.15) is 0 Å². The lowest BCUT2D eigenvalue weighted by molar-refractivity contribution is -0.136. The Bertz CT molecular complexity index is 331. The molecule has 0 saturated carbocycles. The Morgan fingerprint density at radius 2 is 2.21 bits per heavy atom. The summed E-state index contributed by atoms with van der Waals surface area (Å²) in [7, 11) is 1.59. The number of carboxylic acid groups (broad SMARTS) is 1. The van der Waals surface area contributed by atoms with E-state index in [9.17, 15) is 4.79 Å². The fourth-order valence-electron chi connectivity index (χ4n) is 1.34. The van der Waals surface area contributed by atoms with Crippen LogP contribution in [-0.2, 0) is 11.2 Å². The molecule has 1 rings (SSSR count). The number of hydrogen-bond acceptors (Lipinski definition) is 2. The molecule has 0 amide bonds. The largest absolute Gasteiger partial charge is 0.496 e. The van der Waals surface area contributed by atoms with Gasteiger partial charge < -0.3 is 9.84 Å². The quantitative estimate of drug-likeness (QED) is 0.797. The van der Waals surface area contributed by atoms with Crippen LogP contribution < -0.4 is 4.74 Å². The van der Waals surface area contributed by atoms with E-state index in [0.717, 1.165) is 16.9 Å². The summed E-state index contributed by atoms with van der Waals surface area (Å²) in [6, 6.07) is 5.78. The molecule has 0 spiro atoms. The van der Waals surface area contributed by atoms with Gasteiger partial charge in [0.2, 0.25) is 0 Å². The molecule has 1 aromatic rings. The first-order valence-electron chi connectivity index (χ1n) is 4.49. The van der Waals surface area contributed by atoms with Gasteiger partial charge in [-0.3, -0.25) is 4.79 Å². The van der Waals surface area contributed by atoms with Gasteiger partial charge in [-0.15, -0.1) is 0 Å². The van der Waals surface area contributed by atoms with Crippen molar-refractivity contribution < 1.29 is 14.6 Å². The van der Waals surface area contributed by atoms with Crippen molar-refractivity contribution in [2.45, 2.75) is 19.8 Å². The summed E-state index contributed by atoms with van der Waals surface area (Å²) in [5.41, 5.74) is 2.07. The maximum absolute atomic E-state index is 10.4. The van der Waals surface area contributed by atoms with E-state index in [1.807, 2.05) is 25.1 Å². The highest BCUT2D eigenvalue weighted by atomic mass is 16.5. The van der Waals surface area contributed by atoms with Crippen LogP contribution in [0.3, 0.4) is 0 Å². The third-order valence-corrected chi connectivity index (χ3v) is 2.04. The Hall–Kier alpha value is -1.51. The summed E-state index contributed by atoms with van der Waals surface area (Å²) in [6.45, 7) is 1.98. The second kappa shape index (κ2) is 4.65. The number of ether oxygens (including phenoxy) is 1. The standard InChI is InChI=1S/C11H14O3/c1-8-3-5-10(14-2)9(7-8)4-6-11(12)13/h3,5,7H,4,6H2,1-2H3,(H,12,13). The smallest absolute Gasteiger partial charge is 0.303 e. The van der Waals surface area contributed by atoms with E-state index in [4.69, 9.17) is 9.84 Å². The van der Waals surface area contributed by atoms with Crippen molar-refractivity contribution in [2.75, 3.05) is 7.11 Å². The molecule has 76 valence electrons. The molecular weight excluding hydrogens is 180 g/mol. The second-order valence-corrected chi connectivity index (χ2v) is 3.21. The maximum atomic E-state index is 10.4. The molecule has 0 heterocycles. The van der Waals surface area contributed by atoms with Crippen molar-refractivity contribution in [3.05, 3.63) is 29.3 Å². The first-order valence-corrected chi connectivity index (χ1v) is 4.49. The molecule has 0 fully saturated rings. The van der Waals surface area contributed by atoms with Crippen molar-refractivity contribution in [2.24, 2.45) is 0 Å². The summed E-state index contributed by atoms with van der Waals surface area (Å²) in [6.07, 6.45) is 0.653. The van der Waals surface area contributed by atoms with Crippen molar-refractivity contribution in [1.29, 1.82) is 0 Å². The number of aryl methyl sites for hydroxylation is 2. The molecule has 1 N–H and O–H groups in total. The molecule has 0 bridgehead atoms. The lowest BCUT2D eigenvalue weighted by Gasteiger charge is -2.07. The zero-order valence-corrected chi connectivity index (χ0v) is 8.41. The third kappa shape index (κ3) is 2.76. The van der Waals surface area contributed by atoms with Crippen LogP contribution in [0.4, 0.5) is 0 Å². The van der Waals surface area contributed by atoms with Gasteiger partial charge in [0, 0.05) is 6.42 Å². The van der Waals surface area contributed by atoms with Gasteiger partial charge in [-0.1, -0.05) is 17.7 Å². The van der Waals surface area contributed by atoms with Gasteiger partial charge in [-0.05, 0) is 25.0 Å². The number of rotatable bonds is 4. The van der Waals surface area contributed by atoms with Gasteiger partial charge in [0.15, 0.2) is 0 Å². The van der Waals surface area contributed by atoms with Gasteiger partial charge in [-0.25, -0.2) is 0 Å². The molecule has 3 nitrogen and oxygen atoms in total. The molecule has 1 aromatic carbocycles. The minimum atomic E-state index is -0.784. The van der Waals surface area contributed by atoms with E-state index in [0.29, 0.717) is 6.42 Å². The summed E-state index contributed by atoms with van der Waals surface area (Å²) in [5.74, 6) is -0.0228. The van der Waals surface area contributed by atoms with Crippen LogP contribution in [0.15, 0.2) is 18.2 Å². The lowest BCUT2D eigenvalue weighted by atomic mass is 10.1. The third-order valence-electron chi connectivity index (χ3n) is 2.04. The van der Waals surface area contributed by atoms with Crippen molar-refractivity contribution in [3.8, 4) is 5.75 Å². The lowest BCUT2D eigenvalue weighted by Crippen LogP contribution is -1.99. The molecule has 0 aromatic heterocycles. The van der Waals surface area contributed by atoms with Crippen LogP contribution in [0.25, 0.3) is 0 Å². The van der Waals surface area contributed by atoms with Crippen molar-refractivity contribution in [1.82, 2.24) is 0 Å². The zero-order chi connectivity index (χ0) is 10.6. The number of methoxy groups -OCH3 is 1. The van der Waals surface area contributed by atoms with Crippen LogP contribution in [0, 0.1) is 6.92 Å². The highest BCUT2D eigenvalue weighted by Gasteiger charge is 2.05. The molecular formula is C11H14O3. The van der Waals surface area contributed by atoms with Gasteiger partial charge in [0.05, 0.1) is 7.11 Å². The Balaban J connectivity index is 2.82. The highest BCUT2D eigenvalue weighted by Crippen LogP contribution is 2.20. The number of carboxylic acids is 1. The van der Waals surface area contributed by atoms with Crippen LogP contribution >= 0.6 is 0 Å². The average Bonchev–Trinajstić information content (AvgIpc) is 2.15. The predicted molar refractivity (Wildman–Crippen MR) is 53.7 cm³/mol. The Morgan fingerprint density at radius 3 is 2.79 bits per heavy atom. The van der Waals surface area contributed by atoms with Crippen LogP contribution in [0.2, 0.25) is 0 Å². The molecule has 0 atom stereocenters. The Labute approximate surface area is 83.3 Å². The normalized spacial score (nSPS) is 9.86. The summed E-state index contributed by atoms with van der Waals surface area (Å²) >= 11 is 0. The van der Waals surface area contributed by atoms with Crippen molar-refractivity contribution in [3.63, 3.8) is 0 Å². The minimum absolute atomic E-state index is 0.139. The van der Waals surface area contributed by atoms with E-state index < -0.39 is 5.97 Å². The molecule has 0 saturated heterocycles. The number of aliphatic carboxylic acids is 1. The van der Waals surface area contributed by atoms with Crippen LogP contribution in [-0.4, -0.2) is 18.2 Å². The molecule has 0 radical (unpaired) electrons. The summed E-state index contributed by atoms with van der Waals surface area (Å²) < 4.78 is 5.14. The summed E-state index contributed by atoms with van der Waals surface area (Å²) in [4.78, 5) is 10.4. The van der Waals surface area contributed by atoms with Crippen molar-refractivity contribution >= 4 is 5.97 Å². The average molecular weight is 194 g/mol. The maximum Gasteiger partial charge on any atom is 0.303 e. The van der Waals surface area contributed by atoms with Crippen LogP contribution in [0.5, 0.6) is 5.75 Å². The zero-order valence-electron chi connectivity index (χ0n) is 8.41. The van der Waals surface area contributed by atoms with E-state index in [1.165, 1.54) is 0 Å². The van der Waals surface area contributed by atoms with Gasteiger partial charge in [0.1, 0.15) is 5.75 Å². The number of benzene rings is 1. The summed E-state index contributed by atoms with van der Waals surface area (Å²) in [5, 5.41) is 8.57. The fourth-order valence-corrected chi connectivity index (χ4v) is 1.34. The van der Waals surface area contributed by atoms with Crippen LogP contribution in [0.1, 0.15) is 17.5 Å². The Kier molecular flexibility index (Phi) is 3.51. The van der Waals surface area contributed by atoms with E-state index in [2.05, 4.69) is 0 Å². The topological polar surface area (TPSA) is 46.5 Å².